The molecule has 0 atom stereocenters. The van der Waals surface area contributed by atoms with E-state index in [1.54, 1.807) is 14.1 Å². The van der Waals surface area contributed by atoms with Crippen molar-refractivity contribution in [1.82, 2.24) is 9.97 Å². The summed E-state index contributed by atoms with van der Waals surface area (Å²) in [4.78, 5) is 27.2. The van der Waals surface area contributed by atoms with Gasteiger partial charge < -0.3 is 10.6 Å². The molecule has 0 aromatic carbocycles. The quantitative estimate of drug-likeness (QED) is 0.472. The van der Waals surface area contributed by atoms with E-state index in [9.17, 15) is 20.2 Å². The van der Waals surface area contributed by atoms with E-state index in [-0.39, 0.29) is 33.3 Å². The van der Waals surface area contributed by atoms with Crippen LogP contribution in [0.1, 0.15) is 0 Å². The minimum atomic E-state index is -0.519. The third-order valence-corrected chi connectivity index (χ3v) is 2.97. The molecule has 0 unspecified atom stereocenters. The average Bonchev–Trinajstić information content (AvgIpc) is 2.54. The second kappa shape index (κ2) is 8.79. The summed E-state index contributed by atoms with van der Waals surface area (Å²) in [6.45, 7) is 0. The van der Waals surface area contributed by atoms with Crippen molar-refractivity contribution in [2.24, 2.45) is 0 Å². The smallest absolute Gasteiger partial charge is 0.311 e. The van der Waals surface area contributed by atoms with E-state index in [0.29, 0.717) is 0 Å². The van der Waals surface area contributed by atoms with Gasteiger partial charge in [-0.2, -0.15) is 0 Å². The zero-order chi connectivity index (χ0) is 18.3. The van der Waals surface area contributed by atoms with Crippen LogP contribution in [-0.2, 0) is 0 Å². The van der Waals surface area contributed by atoms with Gasteiger partial charge >= 0.3 is 11.4 Å². The second-order valence-electron chi connectivity index (χ2n) is 4.02. The maximum Gasteiger partial charge on any atom is 0.311 e. The van der Waals surface area contributed by atoms with E-state index >= 15 is 0 Å². The van der Waals surface area contributed by atoms with Gasteiger partial charge in [0.25, 0.3) is 0 Å². The molecule has 0 aliphatic heterocycles. The molecule has 0 aliphatic rings. The summed E-state index contributed by atoms with van der Waals surface area (Å²) in [5.41, 5.74) is -0.163. The van der Waals surface area contributed by atoms with Gasteiger partial charge in [-0.1, -0.05) is 23.2 Å². The number of anilines is 2. The van der Waals surface area contributed by atoms with E-state index in [1.165, 1.54) is 24.3 Å². The number of aromatic nitrogens is 2. The number of nitro groups is 2. The van der Waals surface area contributed by atoms with Gasteiger partial charge in [-0.25, -0.2) is 9.97 Å². The molecule has 12 heteroatoms. The predicted molar refractivity (Wildman–Crippen MR) is 90.9 cm³/mol. The van der Waals surface area contributed by atoms with Crippen molar-refractivity contribution in [1.29, 1.82) is 0 Å². The fraction of sp³-hybridized carbons (Fsp3) is 0.167. The molecule has 2 aromatic rings. The number of pyridine rings is 2. The second-order valence-corrected chi connectivity index (χ2v) is 4.79. The van der Waals surface area contributed by atoms with Gasteiger partial charge in [0.05, 0.1) is 9.85 Å². The normalized spacial score (nSPS) is 9.50. The molecule has 0 bridgehead atoms. The molecular weight excluding hydrogens is 363 g/mol. The molecule has 0 saturated carbocycles. The number of halogens is 2. The third-order valence-electron chi connectivity index (χ3n) is 2.55. The highest BCUT2D eigenvalue weighted by atomic mass is 35.5. The van der Waals surface area contributed by atoms with Gasteiger partial charge in [-0.05, 0) is 12.1 Å². The number of hydrogen-bond donors (Lipinski definition) is 2. The summed E-state index contributed by atoms with van der Waals surface area (Å²) >= 11 is 11.1. The number of nitrogens with zero attached hydrogens (tertiary/aromatic N) is 4. The monoisotopic (exact) mass is 374 g/mol. The number of rotatable bonds is 4. The van der Waals surface area contributed by atoms with Crippen molar-refractivity contribution in [3.8, 4) is 0 Å². The van der Waals surface area contributed by atoms with Crippen LogP contribution in [0.25, 0.3) is 0 Å². The van der Waals surface area contributed by atoms with E-state index in [4.69, 9.17) is 23.2 Å². The Balaban J connectivity index is 0.000000240. The molecule has 0 spiro atoms. The van der Waals surface area contributed by atoms with Crippen LogP contribution in [0, 0.1) is 20.2 Å². The fourth-order valence-corrected chi connectivity index (χ4v) is 1.81. The first kappa shape index (κ1) is 19.3. The highest BCUT2D eigenvalue weighted by molar-refractivity contribution is 6.29. The topological polar surface area (TPSA) is 136 Å². The van der Waals surface area contributed by atoms with Crippen LogP contribution >= 0.6 is 23.2 Å². The molecule has 2 aromatic heterocycles. The third kappa shape index (κ3) is 5.18. The predicted octanol–water partition coefficient (Wildman–Crippen LogP) is 3.37. The summed E-state index contributed by atoms with van der Waals surface area (Å²) in [5.74, 6) is 0.347. The molecule has 24 heavy (non-hydrogen) atoms. The Morgan fingerprint density at radius 2 is 1.17 bits per heavy atom. The Morgan fingerprint density at radius 3 is 1.42 bits per heavy atom. The lowest BCUT2D eigenvalue weighted by molar-refractivity contribution is -0.384. The van der Waals surface area contributed by atoms with Crippen LogP contribution < -0.4 is 10.6 Å². The number of nitrogens with one attached hydrogen (secondary N) is 2. The zero-order valence-corrected chi connectivity index (χ0v) is 14.0. The van der Waals surface area contributed by atoms with Crippen LogP contribution in [0.5, 0.6) is 0 Å². The molecule has 0 fully saturated rings. The van der Waals surface area contributed by atoms with Gasteiger partial charge in [0.2, 0.25) is 11.6 Å². The van der Waals surface area contributed by atoms with E-state index in [0.717, 1.165) is 0 Å². The maximum atomic E-state index is 10.4. The van der Waals surface area contributed by atoms with Crippen LogP contribution in [0.2, 0.25) is 10.3 Å². The van der Waals surface area contributed by atoms with Gasteiger partial charge in [-0.15, -0.1) is 0 Å². The Morgan fingerprint density at radius 1 is 0.833 bits per heavy atom. The summed E-state index contributed by atoms with van der Waals surface area (Å²) in [6.07, 6.45) is 0. The highest BCUT2D eigenvalue weighted by Gasteiger charge is 2.14. The van der Waals surface area contributed by atoms with Crippen molar-refractivity contribution in [3.05, 3.63) is 54.8 Å². The molecular formula is C12H12Cl2N6O4. The minimum Gasteiger partial charge on any atom is -0.367 e. The first-order valence-electron chi connectivity index (χ1n) is 6.27. The lowest BCUT2D eigenvalue weighted by Gasteiger charge is -1.99. The van der Waals surface area contributed by atoms with E-state index < -0.39 is 9.85 Å². The zero-order valence-electron chi connectivity index (χ0n) is 12.5. The Bertz CT molecular complexity index is 695. The van der Waals surface area contributed by atoms with Gasteiger partial charge in [-0.3, -0.25) is 20.2 Å². The van der Waals surface area contributed by atoms with Crippen LogP contribution in [0.4, 0.5) is 23.0 Å². The summed E-state index contributed by atoms with van der Waals surface area (Å²) in [5, 5.41) is 26.4. The molecule has 0 aliphatic carbocycles. The van der Waals surface area contributed by atoms with E-state index in [1.807, 2.05) is 0 Å². The number of hydrogen-bond acceptors (Lipinski definition) is 8. The maximum absolute atomic E-state index is 10.4. The van der Waals surface area contributed by atoms with Gasteiger partial charge in [0.1, 0.15) is 10.3 Å². The lowest BCUT2D eigenvalue weighted by Crippen LogP contribution is -1.98. The van der Waals surface area contributed by atoms with Crippen LogP contribution in [0.15, 0.2) is 24.3 Å². The average molecular weight is 375 g/mol. The molecule has 0 radical (unpaired) electrons. The van der Waals surface area contributed by atoms with Crippen molar-refractivity contribution in [2.45, 2.75) is 0 Å². The van der Waals surface area contributed by atoms with Gasteiger partial charge in [0, 0.05) is 26.2 Å². The Hall–Kier alpha value is -2.72. The SMILES string of the molecule is CNc1nc(Cl)ccc1[N+](=O)[O-].CNc1nc(Cl)ccc1[N+](=O)[O-]. The molecule has 2 heterocycles. The molecule has 128 valence electrons. The van der Waals surface area contributed by atoms with Gasteiger partial charge in [0.15, 0.2) is 0 Å². The molecule has 0 amide bonds. The standard InChI is InChI=1S/2C6H6ClN3O2/c2*1-8-6-4(10(11)12)2-3-5(7)9-6/h2*2-3H,1H3,(H,8,9). The Kier molecular flexibility index (Phi) is 7.08. The first-order chi connectivity index (χ1) is 11.3. The molecule has 2 N–H and O–H groups in total. The molecule has 2 rings (SSSR count). The first-order valence-corrected chi connectivity index (χ1v) is 7.03. The van der Waals surface area contributed by atoms with E-state index in [2.05, 4.69) is 20.6 Å². The summed E-state index contributed by atoms with van der Waals surface area (Å²) in [7, 11) is 3.09. The largest absolute Gasteiger partial charge is 0.367 e. The van der Waals surface area contributed by atoms with Crippen molar-refractivity contribution >= 4 is 46.2 Å². The van der Waals surface area contributed by atoms with Crippen molar-refractivity contribution in [2.75, 3.05) is 24.7 Å². The minimum absolute atomic E-state index is 0.0816. The van der Waals surface area contributed by atoms with Crippen LogP contribution in [0.3, 0.4) is 0 Å². The fourth-order valence-electron chi connectivity index (χ4n) is 1.52. The molecule has 10 nitrogen and oxygen atoms in total. The lowest BCUT2D eigenvalue weighted by atomic mass is 10.4. The van der Waals surface area contributed by atoms with Crippen molar-refractivity contribution < 1.29 is 9.85 Å². The van der Waals surface area contributed by atoms with Crippen LogP contribution in [-0.4, -0.2) is 33.9 Å². The van der Waals surface area contributed by atoms with Crippen molar-refractivity contribution in [3.63, 3.8) is 0 Å². The highest BCUT2D eigenvalue weighted by Crippen LogP contribution is 2.23. The molecule has 0 saturated heterocycles. The summed E-state index contributed by atoms with van der Waals surface area (Å²) < 4.78 is 0. The Labute approximate surface area is 146 Å². The summed E-state index contributed by atoms with van der Waals surface area (Å²) in [6, 6.07) is 5.36.